The van der Waals surface area contributed by atoms with Crippen LogP contribution in [0.2, 0.25) is 0 Å². The number of nitrogens with one attached hydrogen (secondary N) is 2. The highest BCUT2D eigenvalue weighted by Crippen LogP contribution is 2.28. The van der Waals surface area contributed by atoms with E-state index in [4.69, 9.17) is 4.52 Å². The van der Waals surface area contributed by atoms with Gasteiger partial charge in [-0.25, -0.2) is 0 Å². The fourth-order valence-electron chi connectivity index (χ4n) is 2.50. The molecule has 0 aromatic carbocycles. The molecule has 1 aliphatic rings. The van der Waals surface area contributed by atoms with Crippen LogP contribution in [-0.2, 0) is 24.3 Å². The number of hydrogen-bond acceptors (Lipinski definition) is 6. The molecule has 3 heterocycles. The van der Waals surface area contributed by atoms with Crippen LogP contribution in [0.5, 0.6) is 0 Å². The minimum absolute atomic E-state index is 0. The number of halogens is 1. The molecule has 2 aromatic heterocycles. The third-order valence-electron chi connectivity index (χ3n) is 3.51. The molecule has 2 aromatic rings. The summed E-state index contributed by atoms with van der Waals surface area (Å²) in [6.07, 6.45) is 2.82. The summed E-state index contributed by atoms with van der Waals surface area (Å²) in [6, 6.07) is 0. The maximum absolute atomic E-state index is 10.9. The Morgan fingerprint density at radius 1 is 1.50 bits per heavy atom. The summed E-state index contributed by atoms with van der Waals surface area (Å²) < 4.78 is 5.20. The van der Waals surface area contributed by atoms with Crippen LogP contribution in [-0.4, -0.2) is 27.6 Å². The molecule has 0 aliphatic carbocycles. The number of aromatic nitrogens is 3. The number of amides is 1. The van der Waals surface area contributed by atoms with Gasteiger partial charge in [-0.1, -0.05) is 5.16 Å². The second kappa shape index (κ2) is 6.85. The van der Waals surface area contributed by atoms with Gasteiger partial charge >= 0.3 is 0 Å². The highest BCUT2D eigenvalue weighted by Gasteiger charge is 2.20. The van der Waals surface area contributed by atoms with Gasteiger partial charge in [-0.2, -0.15) is 4.98 Å². The van der Waals surface area contributed by atoms with Crippen molar-refractivity contribution in [2.24, 2.45) is 0 Å². The highest BCUT2D eigenvalue weighted by atomic mass is 35.5. The van der Waals surface area contributed by atoms with Crippen molar-refractivity contribution < 1.29 is 9.32 Å². The number of nitrogens with zero attached hydrogens (tertiary/aromatic N) is 3. The highest BCUT2D eigenvalue weighted by molar-refractivity contribution is 5.85. The Bertz CT molecular complexity index is 686. The molecular weight excluding hydrogens is 306 g/mol. The van der Waals surface area contributed by atoms with Gasteiger partial charge in [-0.3, -0.25) is 9.78 Å². The smallest absolute Gasteiger partial charge is 0.246 e. The van der Waals surface area contributed by atoms with E-state index in [-0.39, 0.29) is 24.9 Å². The first-order valence-electron chi connectivity index (χ1n) is 6.90. The Labute approximate surface area is 134 Å². The molecular formula is C14H18ClN5O2. The lowest BCUT2D eigenvalue weighted by molar-refractivity contribution is -0.119. The van der Waals surface area contributed by atoms with Crippen molar-refractivity contribution in [1.82, 2.24) is 25.8 Å². The average molecular weight is 324 g/mol. The Balaban J connectivity index is 0.00000176. The number of rotatable bonds is 3. The molecule has 118 valence electrons. The zero-order chi connectivity index (χ0) is 14.8. The molecule has 22 heavy (non-hydrogen) atoms. The van der Waals surface area contributed by atoms with Crippen molar-refractivity contribution in [2.75, 3.05) is 6.54 Å². The number of pyridine rings is 1. The maximum atomic E-state index is 10.9. The fraction of sp³-hybridized carbons (Fsp3) is 0.429. The lowest BCUT2D eigenvalue weighted by atomic mass is 9.95. The Morgan fingerprint density at radius 3 is 3.09 bits per heavy atom. The first-order valence-corrected chi connectivity index (χ1v) is 6.90. The molecule has 2 N–H and O–H groups in total. The molecule has 0 bridgehead atoms. The van der Waals surface area contributed by atoms with Crippen LogP contribution in [0, 0.1) is 6.92 Å². The Kier molecular flexibility index (Phi) is 5.10. The third kappa shape index (κ3) is 3.26. The second-order valence-electron chi connectivity index (χ2n) is 5.07. The predicted molar refractivity (Wildman–Crippen MR) is 82.4 cm³/mol. The van der Waals surface area contributed by atoms with E-state index in [1.807, 2.05) is 13.1 Å². The van der Waals surface area contributed by atoms with Gasteiger partial charge in [0.15, 0.2) is 0 Å². The molecule has 7 nitrogen and oxygen atoms in total. The van der Waals surface area contributed by atoms with E-state index in [0.717, 1.165) is 30.8 Å². The predicted octanol–water partition coefficient (Wildman–Crippen LogP) is 1.14. The Hall–Kier alpha value is -1.99. The summed E-state index contributed by atoms with van der Waals surface area (Å²) in [5, 5.41) is 10.0. The lowest BCUT2D eigenvalue weighted by Gasteiger charge is -2.19. The van der Waals surface area contributed by atoms with E-state index in [1.165, 1.54) is 18.1 Å². The first kappa shape index (κ1) is 16.4. The molecule has 0 spiro atoms. The lowest BCUT2D eigenvalue weighted by Crippen LogP contribution is -2.25. The summed E-state index contributed by atoms with van der Waals surface area (Å²) in [4.78, 5) is 19.7. The first-order chi connectivity index (χ1) is 10.1. The summed E-state index contributed by atoms with van der Waals surface area (Å²) >= 11 is 0. The molecule has 3 rings (SSSR count). The SMILES string of the molecule is CC(=O)NCc1nc(-c2c(C)ncc3c2CCNC3)no1.Cl. The van der Waals surface area contributed by atoms with Crippen LogP contribution in [0.4, 0.5) is 0 Å². The van der Waals surface area contributed by atoms with Crippen LogP contribution in [0.1, 0.15) is 29.6 Å². The molecule has 0 radical (unpaired) electrons. The van der Waals surface area contributed by atoms with Gasteiger partial charge in [-0.15, -0.1) is 12.4 Å². The summed E-state index contributed by atoms with van der Waals surface area (Å²) in [5.74, 6) is 0.806. The van der Waals surface area contributed by atoms with Gasteiger partial charge in [0.1, 0.15) is 0 Å². The van der Waals surface area contributed by atoms with Crippen molar-refractivity contribution >= 4 is 18.3 Å². The van der Waals surface area contributed by atoms with E-state index in [2.05, 4.69) is 25.8 Å². The normalized spacial score (nSPS) is 13.2. The van der Waals surface area contributed by atoms with Crippen molar-refractivity contribution in [3.8, 4) is 11.4 Å². The minimum Gasteiger partial charge on any atom is -0.347 e. The van der Waals surface area contributed by atoms with E-state index < -0.39 is 0 Å². The van der Waals surface area contributed by atoms with Gasteiger partial charge in [0.2, 0.25) is 17.6 Å². The maximum Gasteiger partial charge on any atom is 0.246 e. The summed E-state index contributed by atoms with van der Waals surface area (Å²) in [5.41, 5.74) is 4.25. The van der Waals surface area contributed by atoms with Gasteiger partial charge in [-0.05, 0) is 31.0 Å². The van der Waals surface area contributed by atoms with E-state index in [9.17, 15) is 4.79 Å². The van der Waals surface area contributed by atoms with E-state index >= 15 is 0 Å². The number of fused-ring (bicyclic) bond motifs is 1. The largest absolute Gasteiger partial charge is 0.347 e. The topological polar surface area (TPSA) is 92.9 Å². The molecule has 0 unspecified atom stereocenters. The van der Waals surface area contributed by atoms with Gasteiger partial charge < -0.3 is 15.2 Å². The Morgan fingerprint density at radius 2 is 2.32 bits per heavy atom. The molecule has 1 amide bonds. The van der Waals surface area contributed by atoms with Crippen LogP contribution < -0.4 is 10.6 Å². The van der Waals surface area contributed by atoms with Crippen LogP contribution in [0.3, 0.4) is 0 Å². The second-order valence-corrected chi connectivity index (χ2v) is 5.07. The molecule has 8 heteroatoms. The zero-order valence-electron chi connectivity index (χ0n) is 12.5. The van der Waals surface area contributed by atoms with E-state index in [0.29, 0.717) is 11.7 Å². The fourth-order valence-corrected chi connectivity index (χ4v) is 2.50. The molecule has 0 saturated carbocycles. The molecule has 0 fully saturated rings. The molecule has 1 aliphatic heterocycles. The van der Waals surface area contributed by atoms with Gasteiger partial charge in [0.25, 0.3) is 0 Å². The van der Waals surface area contributed by atoms with Crippen LogP contribution in [0.25, 0.3) is 11.4 Å². The van der Waals surface area contributed by atoms with Crippen molar-refractivity contribution in [3.63, 3.8) is 0 Å². The third-order valence-corrected chi connectivity index (χ3v) is 3.51. The number of carbonyl (C=O) groups excluding carboxylic acids is 1. The van der Waals surface area contributed by atoms with Gasteiger partial charge in [0.05, 0.1) is 6.54 Å². The molecule has 0 atom stereocenters. The van der Waals surface area contributed by atoms with Crippen LogP contribution >= 0.6 is 12.4 Å². The monoisotopic (exact) mass is 323 g/mol. The zero-order valence-corrected chi connectivity index (χ0v) is 13.3. The van der Waals surface area contributed by atoms with E-state index in [1.54, 1.807) is 0 Å². The standard InChI is InChI=1S/C14H17N5O2.ClH/c1-8-13(11-3-4-15-5-10(11)6-16-8)14-18-12(21-19-14)7-17-9(2)20;/h6,15H,3-5,7H2,1-2H3,(H,17,20);1H. The van der Waals surface area contributed by atoms with Crippen molar-refractivity contribution in [2.45, 2.75) is 33.4 Å². The number of carbonyl (C=O) groups is 1. The number of hydrogen-bond donors (Lipinski definition) is 2. The molecule has 0 saturated heterocycles. The summed E-state index contributed by atoms with van der Waals surface area (Å²) in [6.45, 7) is 5.38. The summed E-state index contributed by atoms with van der Waals surface area (Å²) in [7, 11) is 0. The quantitative estimate of drug-likeness (QED) is 0.880. The van der Waals surface area contributed by atoms with Crippen molar-refractivity contribution in [3.05, 3.63) is 28.9 Å². The average Bonchev–Trinajstić information content (AvgIpc) is 2.93. The number of aryl methyl sites for hydroxylation is 1. The van der Waals surface area contributed by atoms with Crippen molar-refractivity contribution in [1.29, 1.82) is 0 Å². The van der Waals surface area contributed by atoms with Gasteiger partial charge in [0, 0.05) is 30.9 Å². The van der Waals surface area contributed by atoms with Crippen LogP contribution in [0.15, 0.2) is 10.7 Å². The minimum atomic E-state index is -0.129.